The van der Waals surface area contributed by atoms with Gasteiger partial charge in [-0.25, -0.2) is 13.8 Å². The summed E-state index contributed by atoms with van der Waals surface area (Å²) >= 11 is 0. The summed E-state index contributed by atoms with van der Waals surface area (Å²) in [5, 5.41) is 17.3. The molecule has 0 atom stereocenters. The molecule has 0 fully saturated rings. The topological polar surface area (TPSA) is 69.7 Å². The zero-order chi connectivity index (χ0) is 12.1. The second-order valence-electron chi connectivity index (χ2n) is 2.82. The van der Waals surface area contributed by atoms with Gasteiger partial charge in [-0.2, -0.15) is 10.5 Å². The van der Waals surface area contributed by atoms with Crippen LogP contribution < -0.4 is 4.74 Å². The molecule has 1 aromatic rings. The number of methoxy groups -OCH3 is 1. The van der Waals surface area contributed by atoms with E-state index in [1.54, 1.807) is 6.07 Å². The summed E-state index contributed by atoms with van der Waals surface area (Å²) in [7, 11) is 1.28. The predicted octanol–water partition coefficient (Wildman–Crippen LogP) is 1.97. The number of aromatic nitrogens is 1. The van der Waals surface area contributed by atoms with Gasteiger partial charge in [-0.1, -0.05) is 0 Å². The smallest absolute Gasteiger partial charge is 0.280 e. The number of ether oxygens (including phenoxy) is 1. The third-order valence-electron chi connectivity index (χ3n) is 1.91. The first-order valence-electron chi connectivity index (χ1n) is 4.27. The standard InChI is InChI=1S/C10H7F2N3O/c1-16-9-4-7(10(11)12)15-8(5-14)6(9)2-3-13/h4,10H,2H2,1H3. The molecular weight excluding hydrogens is 216 g/mol. The van der Waals surface area contributed by atoms with Crippen LogP contribution in [-0.2, 0) is 6.42 Å². The summed E-state index contributed by atoms with van der Waals surface area (Å²) < 4.78 is 29.7. The van der Waals surface area contributed by atoms with E-state index in [-0.39, 0.29) is 23.4 Å². The minimum absolute atomic E-state index is 0.0865. The maximum absolute atomic E-state index is 12.4. The van der Waals surface area contributed by atoms with Crippen LogP contribution in [0.2, 0.25) is 0 Å². The summed E-state index contributed by atoms with van der Waals surface area (Å²) in [6.07, 6.45) is -2.89. The molecule has 0 unspecified atom stereocenters. The predicted molar refractivity (Wildman–Crippen MR) is 49.8 cm³/mol. The van der Waals surface area contributed by atoms with Crippen LogP contribution in [0.15, 0.2) is 6.07 Å². The van der Waals surface area contributed by atoms with E-state index in [9.17, 15) is 8.78 Å². The number of halogens is 2. The quantitative estimate of drug-likeness (QED) is 0.785. The minimum atomic E-state index is -2.78. The van der Waals surface area contributed by atoms with Gasteiger partial charge in [0.1, 0.15) is 23.2 Å². The molecule has 0 aliphatic carbocycles. The third kappa shape index (κ3) is 2.23. The Hall–Kier alpha value is -2.21. The van der Waals surface area contributed by atoms with Crippen molar-refractivity contribution in [1.29, 1.82) is 10.5 Å². The zero-order valence-electron chi connectivity index (χ0n) is 8.37. The number of alkyl halides is 2. The third-order valence-corrected chi connectivity index (χ3v) is 1.91. The first-order valence-corrected chi connectivity index (χ1v) is 4.27. The summed E-state index contributed by atoms with van der Waals surface area (Å²) in [5.74, 6) is 0.0865. The molecule has 1 heterocycles. The molecule has 0 bridgehead atoms. The van der Waals surface area contributed by atoms with Crippen molar-refractivity contribution in [2.75, 3.05) is 7.11 Å². The van der Waals surface area contributed by atoms with E-state index in [2.05, 4.69) is 4.98 Å². The Balaban J connectivity index is 3.39. The fraction of sp³-hybridized carbons (Fsp3) is 0.300. The lowest BCUT2D eigenvalue weighted by molar-refractivity contribution is 0.145. The van der Waals surface area contributed by atoms with E-state index in [1.807, 2.05) is 6.07 Å². The molecule has 0 spiro atoms. The molecule has 6 heteroatoms. The highest BCUT2D eigenvalue weighted by Crippen LogP contribution is 2.27. The van der Waals surface area contributed by atoms with Crippen molar-refractivity contribution in [2.45, 2.75) is 12.8 Å². The lowest BCUT2D eigenvalue weighted by Gasteiger charge is -2.09. The molecule has 16 heavy (non-hydrogen) atoms. The van der Waals surface area contributed by atoms with E-state index < -0.39 is 12.1 Å². The normalized spacial score (nSPS) is 9.62. The number of pyridine rings is 1. The van der Waals surface area contributed by atoms with Gasteiger partial charge in [-0.3, -0.25) is 0 Å². The fourth-order valence-electron chi connectivity index (χ4n) is 1.20. The summed E-state index contributed by atoms with van der Waals surface area (Å²) in [6, 6.07) is 4.54. The van der Waals surface area contributed by atoms with Crippen molar-refractivity contribution >= 4 is 0 Å². The van der Waals surface area contributed by atoms with E-state index >= 15 is 0 Å². The van der Waals surface area contributed by atoms with E-state index in [0.29, 0.717) is 0 Å². The van der Waals surface area contributed by atoms with Gasteiger partial charge in [0, 0.05) is 11.6 Å². The number of nitrogens with zero attached hydrogens (tertiary/aromatic N) is 3. The van der Waals surface area contributed by atoms with Crippen molar-refractivity contribution in [3.8, 4) is 17.9 Å². The van der Waals surface area contributed by atoms with Crippen LogP contribution in [0.25, 0.3) is 0 Å². The van der Waals surface area contributed by atoms with Crippen molar-refractivity contribution in [3.05, 3.63) is 23.0 Å². The van der Waals surface area contributed by atoms with Crippen LogP contribution in [0.4, 0.5) is 8.78 Å². The van der Waals surface area contributed by atoms with Gasteiger partial charge in [0.05, 0.1) is 19.6 Å². The fourth-order valence-corrected chi connectivity index (χ4v) is 1.20. The molecule has 82 valence electrons. The lowest BCUT2D eigenvalue weighted by atomic mass is 10.1. The van der Waals surface area contributed by atoms with E-state index in [1.165, 1.54) is 7.11 Å². The summed E-state index contributed by atoms with van der Waals surface area (Å²) in [6.45, 7) is 0. The molecule has 1 aromatic heterocycles. The van der Waals surface area contributed by atoms with Gasteiger partial charge in [0.15, 0.2) is 0 Å². The zero-order valence-corrected chi connectivity index (χ0v) is 8.37. The van der Waals surface area contributed by atoms with E-state index in [4.69, 9.17) is 15.3 Å². The number of nitriles is 2. The minimum Gasteiger partial charge on any atom is -0.496 e. The Morgan fingerprint density at radius 1 is 1.50 bits per heavy atom. The van der Waals surface area contributed by atoms with Crippen LogP contribution in [0.1, 0.15) is 23.4 Å². The average Bonchev–Trinajstić information content (AvgIpc) is 2.29. The van der Waals surface area contributed by atoms with Crippen molar-refractivity contribution in [1.82, 2.24) is 4.98 Å². The molecule has 0 amide bonds. The van der Waals surface area contributed by atoms with Gasteiger partial charge >= 0.3 is 0 Å². The molecule has 0 aromatic carbocycles. The second-order valence-corrected chi connectivity index (χ2v) is 2.82. The Kier molecular flexibility index (Phi) is 3.73. The van der Waals surface area contributed by atoms with Gasteiger partial charge in [0.25, 0.3) is 6.43 Å². The molecule has 1 rings (SSSR count). The van der Waals surface area contributed by atoms with E-state index in [0.717, 1.165) is 6.07 Å². The van der Waals surface area contributed by atoms with Crippen LogP contribution in [-0.4, -0.2) is 12.1 Å². The van der Waals surface area contributed by atoms with Crippen LogP contribution in [0, 0.1) is 22.7 Å². The first-order chi connectivity index (χ1) is 7.63. The molecule has 0 aliphatic heterocycles. The summed E-state index contributed by atoms with van der Waals surface area (Å²) in [5.41, 5.74) is -0.497. The molecule has 0 saturated carbocycles. The van der Waals surface area contributed by atoms with Gasteiger partial charge in [0.2, 0.25) is 0 Å². The highest BCUT2D eigenvalue weighted by molar-refractivity contribution is 5.45. The Morgan fingerprint density at radius 3 is 2.62 bits per heavy atom. The Bertz CT molecular complexity index is 474. The molecule has 0 N–H and O–H groups in total. The molecule has 0 saturated heterocycles. The maximum Gasteiger partial charge on any atom is 0.280 e. The van der Waals surface area contributed by atoms with Crippen LogP contribution >= 0.6 is 0 Å². The highest BCUT2D eigenvalue weighted by Gasteiger charge is 2.17. The largest absolute Gasteiger partial charge is 0.496 e. The Labute approximate surface area is 90.7 Å². The highest BCUT2D eigenvalue weighted by atomic mass is 19.3. The number of hydrogen-bond acceptors (Lipinski definition) is 4. The second kappa shape index (κ2) is 5.04. The van der Waals surface area contributed by atoms with Crippen molar-refractivity contribution in [2.24, 2.45) is 0 Å². The first kappa shape index (κ1) is 11.9. The SMILES string of the molecule is COc1cc(C(F)F)nc(C#N)c1CC#N. The molecular formula is C10H7F2N3O. The van der Waals surface area contributed by atoms with Crippen LogP contribution in [0.3, 0.4) is 0 Å². The van der Waals surface area contributed by atoms with Gasteiger partial charge < -0.3 is 4.74 Å². The van der Waals surface area contributed by atoms with Crippen molar-refractivity contribution in [3.63, 3.8) is 0 Å². The molecule has 4 nitrogen and oxygen atoms in total. The number of rotatable bonds is 3. The summed E-state index contributed by atoms with van der Waals surface area (Å²) in [4.78, 5) is 3.48. The van der Waals surface area contributed by atoms with Gasteiger partial charge in [-0.05, 0) is 0 Å². The Morgan fingerprint density at radius 2 is 2.19 bits per heavy atom. The van der Waals surface area contributed by atoms with Crippen molar-refractivity contribution < 1.29 is 13.5 Å². The lowest BCUT2D eigenvalue weighted by Crippen LogP contribution is -2.02. The monoisotopic (exact) mass is 223 g/mol. The number of hydrogen-bond donors (Lipinski definition) is 0. The molecule has 0 radical (unpaired) electrons. The van der Waals surface area contributed by atoms with Crippen LogP contribution in [0.5, 0.6) is 5.75 Å². The van der Waals surface area contributed by atoms with Gasteiger partial charge in [-0.15, -0.1) is 0 Å². The average molecular weight is 223 g/mol. The molecule has 0 aliphatic rings. The maximum atomic E-state index is 12.4.